The standard InChI is InChI=1S/C11H11N5OS/c1-15-11(12-7-13-15)18-10-8(6-17)16-5-3-2-4-9(16)14-10/h2-5,7,17H,6H2,1H3. The Balaban J connectivity index is 2.09. The number of hydrogen-bond donors (Lipinski definition) is 1. The van der Waals surface area contributed by atoms with Crippen molar-refractivity contribution in [2.45, 2.75) is 16.8 Å². The Morgan fingerprint density at radius 2 is 2.28 bits per heavy atom. The van der Waals surface area contributed by atoms with E-state index in [1.165, 1.54) is 18.1 Å². The van der Waals surface area contributed by atoms with Gasteiger partial charge in [-0.25, -0.2) is 14.6 Å². The monoisotopic (exact) mass is 261 g/mol. The summed E-state index contributed by atoms with van der Waals surface area (Å²) < 4.78 is 3.55. The molecule has 18 heavy (non-hydrogen) atoms. The Bertz CT molecular complexity index is 690. The zero-order valence-corrected chi connectivity index (χ0v) is 10.5. The van der Waals surface area contributed by atoms with Gasteiger partial charge >= 0.3 is 0 Å². The van der Waals surface area contributed by atoms with Crippen LogP contribution < -0.4 is 0 Å². The largest absolute Gasteiger partial charge is 0.390 e. The zero-order valence-electron chi connectivity index (χ0n) is 9.69. The molecule has 6 nitrogen and oxygen atoms in total. The highest BCUT2D eigenvalue weighted by Crippen LogP contribution is 2.28. The molecule has 92 valence electrons. The second kappa shape index (κ2) is 4.43. The summed E-state index contributed by atoms with van der Waals surface area (Å²) in [5.74, 6) is 0. The number of imidazole rings is 1. The van der Waals surface area contributed by atoms with Crippen LogP contribution in [0.5, 0.6) is 0 Å². The highest BCUT2D eigenvalue weighted by atomic mass is 32.2. The summed E-state index contributed by atoms with van der Waals surface area (Å²) in [6, 6.07) is 5.73. The van der Waals surface area contributed by atoms with Crippen molar-refractivity contribution in [1.82, 2.24) is 24.1 Å². The first-order valence-electron chi connectivity index (χ1n) is 5.38. The van der Waals surface area contributed by atoms with Gasteiger partial charge in [-0.1, -0.05) is 6.07 Å². The maximum absolute atomic E-state index is 9.49. The van der Waals surface area contributed by atoms with Gasteiger partial charge in [0, 0.05) is 13.2 Å². The SMILES string of the molecule is Cn1ncnc1Sc1nc2ccccn2c1CO. The van der Waals surface area contributed by atoms with Crippen molar-refractivity contribution in [3.05, 3.63) is 36.4 Å². The van der Waals surface area contributed by atoms with Crippen molar-refractivity contribution in [1.29, 1.82) is 0 Å². The Morgan fingerprint density at radius 3 is 3.00 bits per heavy atom. The summed E-state index contributed by atoms with van der Waals surface area (Å²) in [6.07, 6.45) is 3.38. The molecule has 0 bridgehead atoms. The number of rotatable bonds is 3. The number of fused-ring (bicyclic) bond motifs is 1. The van der Waals surface area contributed by atoms with E-state index in [0.717, 1.165) is 21.5 Å². The van der Waals surface area contributed by atoms with Crippen molar-refractivity contribution in [3.63, 3.8) is 0 Å². The van der Waals surface area contributed by atoms with Gasteiger partial charge in [-0.15, -0.1) is 0 Å². The summed E-state index contributed by atoms with van der Waals surface area (Å²) in [5, 5.41) is 15.0. The molecule has 3 aromatic rings. The van der Waals surface area contributed by atoms with Crippen LogP contribution in [-0.2, 0) is 13.7 Å². The number of nitrogens with zero attached hydrogens (tertiary/aromatic N) is 5. The van der Waals surface area contributed by atoms with E-state index in [1.54, 1.807) is 4.68 Å². The quantitative estimate of drug-likeness (QED) is 0.765. The topological polar surface area (TPSA) is 68.2 Å². The molecule has 0 fully saturated rings. The van der Waals surface area contributed by atoms with Crippen molar-refractivity contribution in [2.24, 2.45) is 7.05 Å². The maximum atomic E-state index is 9.49. The van der Waals surface area contributed by atoms with Gasteiger partial charge in [0.25, 0.3) is 0 Å². The lowest BCUT2D eigenvalue weighted by atomic mass is 10.4. The molecule has 0 atom stereocenters. The zero-order chi connectivity index (χ0) is 12.5. The lowest BCUT2D eigenvalue weighted by molar-refractivity contribution is 0.272. The van der Waals surface area contributed by atoms with Gasteiger partial charge < -0.3 is 9.51 Å². The Labute approximate surface area is 107 Å². The molecule has 0 spiro atoms. The fraction of sp³-hybridized carbons (Fsp3) is 0.182. The minimum atomic E-state index is -0.0641. The number of aliphatic hydroxyl groups excluding tert-OH is 1. The molecular weight excluding hydrogens is 250 g/mol. The molecule has 0 aromatic carbocycles. The first-order chi connectivity index (χ1) is 8.79. The molecule has 3 heterocycles. The van der Waals surface area contributed by atoms with Gasteiger partial charge in [0.15, 0.2) is 5.16 Å². The highest BCUT2D eigenvalue weighted by Gasteiger charge is 2.14. The normalized spacial score (nSPS) is 11.2. The average Bonchev–Trinajstić information content (AvgIpc) is 2.93. The highest BCUT2D eigenvalue weighted by molar-refractivity contribution is 7.99. The molecule has 0 saturated carbocycles. The van der Waals surface area contributed by atoms with Crippen LogP contribution in [0.4, 0.5) is 0 Å². The van der Waals surface area contributed by atoms with Crippen LogP contribution in [0.2, 0.25) is 0 Å². The van der Waals surface area contributed by atoms with Crippen LogP contribution in [0, 0.1) is 0 Å². The molecule has 1 N–H and O–H groups in total. The number of aryl methyl sites for hydroxylation is 1. The van der Waals surface area contributed by atoms with Gasteiger partial charge in [-0.2, -0.15) is 5.10 Å². The Hall–Kier alpha value is -1.86. The molecule has 3 aromatic heterocycles. The number of aliphatic hydroxyl groups is 1. The first kappa shape index (κ1) is 11.2. The van der Waals surface area contributed by atoms with Gasteiger partial charge in [0.1, 0.15) is 17.0 Å². The third kappa shape index (κ3) is 1.77. The fourth-order valence-electron chi connectivity index (χ4n) is 1.72. The molecule has 0 aliphatic heterocycles. The van der Waals surface area contributed by atoms with Gasteiger partial charge in [0.2, 0.25) is 0 Å². The molecule has 0 unspecified atom stereocenters. The van der Waals surface area contributed by atoms with Crippen LogP contribution in [0.1, 0.15) is 5.69 Å². The van der Waals surface area contributed by atoms with Crippen LogP contribution in [0.25, 0.3) is 5.65 Å². The summed E-state index contributed by atoms with van der Waals surface area (Å²) in [7, 11) is 1.82. The van der Waals surface area contributed by atoms with Gasteiger partial charge in [0.05, 0.1) is 12.3 Å². The number of pyridine rings is 1. The first-order valence-corrected chi connectivity index (χ1v) is 6.20. The molecule has 0 saturated heterocycles. The number of hydrogen-bond acceptors (Lipinski definition) is 5. The molecule has 0 radical (unpaired) electrons. The molecule has 0 amide bonds. The third-order valence-corrected chi connectivity index (χ3v) is 3.67. The van der Waals surface area contributed by atoms with E-state index in [-0.39, 0.29) is 6.61 Å². The van der Waals surface area contributed by atoms with Crippen molar-refractivity contribution in [2.75, 3.05) is 0 Å². The van der Waals surface area contributed by atoms with E-state index in [9.17, 15) is 5.11 Å². The van der Waals surface area contributed by atoms with E-state index in [1.807, 2.05) is 35.8 Å². The van der Waals surface area contributed by atoms with E-state index < -0.39 is 0 Å². The minimum Gasteiger partial charge on any atom is -0.390 e. The summed E-state index contributed by atoms with van der Waals surface area (Å²) >= 11 is 1.40. The average molecular weight is 261 g/mol. The third-order valence-electron chi connectivity index (χ3n) is 2.60. The lowest BCUT2D eigenvalue weighted by Crippen LogP contribution is -1.95. The van der Waals surface area contributed by atoms with E-state index in [0.29, 0.717) is 0 Å². The molecular formula is C11H11N5OS. The van der Waals surface area contributed by atoms with Crippen LogP contribution in [0.3, 0.4) is 0 Å². The van der Waals surface area contributed by atoms with Crippen LogP contribution in [0.15, 0.2) is 40.9 Å². The summed E-state index contributed by atoms with van der Waals surface area (Å²) in [4.78, 5) is 8.62. The molecule has 0 aliphatic carbocycles. The van der Waals surface area contributed by atoms with Crippen LogP contribution >= 0.6 is 11.8 Å². The fourth-order valence-corrected chi connectivity index (χ4v) is 2.59. The maximum Gasteiger partial charge on any atom is 0.192 e. The number of aromatic nitrogens is 5. The predicted octanol–water partition coefficient (Wildman–Crippen LogP) is 1.11. The Morgan fingerprint density at radius 1 is 1.39 bits per heavy atom. The Kier molecular flexibility index (Phi) is 2.77. The van der Waals surface area contributed by atoms with Gasteiger partial charge in [-0.3, -0.25) is 0 Å². The smallest absolute Gasteiger partial charge is 0.192 e. The van der Waals surface area contributed by atoms with E-state index in [4.69, 9.17) is 0 Å². The van der Waals surface area contributed by atoms with Gasteiger partial charge in [-0.05, 0) is 23.9 Å². The van der Waals surface area contributed by atoms with E-state index in [2.05, 4.69) is 15.1 Å². The minimum absolute atomic E-state index is 0.0641. The van der Waals surface area contributed by atoms with Crippen molar-refractivity contribution in [3.8, 4) is 0 Å². The second-order valence-electron chi connectivity index (χ2n) is 3.72. The molecule has 3 rings (SSSR count). The second-order valence-corrected chi connectivity index (χ2v) is 4.67. The summed E-state index contributed by atoms with van der Waals surface area (Å²) in [6.45, 7) is -0.0641. The van der Waals surface area contributed by atoms with Crippen LogP contribution in [-0.4, -0.2) is 29.3 Å². The molecule has 0 aliphatic rings. The predicted molar refractivity (Wildman–Crippen MR) is 66.2 cm³/mol. The van der Waals surface area contributed by atoms with Crippen molar-refractivity contribution < 1.29 is 5.11 Å². The lowest BCUT2D eigenvalue weighted by Gasteiger charge is -2.00. The van der Waals surface area contributed by atoms with E-state index >= 15 is 0 Å². The summed E-state index contributed by atoms with van der Waals surface area (Å²) in [5.41, 5.74) is 1.57. The molecule has 7 heteroatoms. The van der Waals surface area contributed by atoms with Crippen molar-refractivity contribution >= 4 is 17.4 Å².